The molecule has 1 atom stereocenters. The third-order valence-corrected chi connectivity index (χ3v) is 1.30. The monoisotopic (exact) mass is 156 g/mol. The maximum absolute atomic E-state index is 8.92. The summed E-state index contributed by atoms with van der Waals surface area (Å²) in [5, 5.41) is 16.6. The van der Waals surface area contributed by atoms with E-state index in [1.165, 1.54) is 11.0 Å². The molecule has 1 rings (SSSR count). The van der Waals surface area contributed by atoms with Gasteiger partial charge in [0.2, 0.25) is 0 Å². The van der Waals surface area contributed by atoms with Gasteiger partial charge in [0.1, 0.15) is 0 Å². The van der Waals surface area contributed by atoms with Crippen LogP contribution in [0.3, 0.4) is 0 Å². The lowest BCUT2D eigenvalue weighted by Gasteiger charge is -2.01. The fraction of sp³-hybridized carbons (Fsp3) is 0.667. The summed E-state index contributed by atoms with van der Waals surface area (Å²) in [6.07, 6.45) is 1.82. The quantitative estimate of drug-likeness (QED) is 0.626. The lowest BCUT2D eigenvalue weighted by atomic mass is 10.3. The van der Waals surface area contributed by atoms with E-state index < -0.39 is 0 Å². The van der Waals surface area contributed by atoms with Crippen molar-refractivity contribution in [3.63, 3.8) is 0 Å². The van der Waals surface area contributed by atoms with Crippen molar-refractivity contribution >= 4 is 5.82 Å². The molecule has 62 valence electrons. The smallest absolute Gasteiger partial charge is 0.165 e. The number of nitrogens with two attached hydrogens (primary N) is 1. The van der Waals surface area contributed by atoms with Crippen molar-refractivity contribution in [1.82, 2.24) is 15.0 Å². The highest BCUT2D eigenvalue weighted by Crippen LogP contribution is 1.95. The van der Waals surface area contributed by atoms with Crippen molar-refractivity contribution in [1.29, 1.82) is 0 Å². The molecule has 3 N–H and O–H groups in total. The minimum Gasteiger partial charge on any atom is -0.393 e. The number of nitrogens with zero attached hydrogens (tertiary/aromatic N) is 3. The number of nitrogen functional groups attached to an aromatic ring is 1. The first kappa shape index (κ1) is 8.00. The Morgan fingerprint density at radius 2 is 2.55 bits per heavy atom. The second-order valence-electron chi connectivity index (χ2n) is 2.50. The lowest BCUT2D eigenvalue weighted by Crippen LogP contribution is -2.09. The highest BCUT2D eigenvalue weighted by molar-refractivity contribution is 5.19. The number of aliphatic hydroxyl groups excluding tert-OH is 1. The number of anilines is 1. The van der Waals surface area contributed by atoms with Crippen LogP contribution in [0.1, 0.15) is 13.3 Å². The van der Waals surface area contributed by atoms with Crippen LogP contribution in [-0.2, 0) is 6.54 Å². The number of hydrogen-bond donors (Lipinski definition) is 2. The highest BCUT2D eigenvalue weighted by Gasteiger charge is 1.98. The van der Waals surface area contributed by atoms with E-state index in [1.54, 1.807) is 6.92 Å². The molecule has 0 amide bonds. The predicted octanol–water partition coefficient (Wildman–Crippen LogP) is -0.369. The standard InChI is InChI=1S/C6H12N4O/c1-5(11)2-3-10-8-4-6(7)9-10/h4-5,11H,2-3H2,1H3,(H2,7,9). The minimum absolute atomic E-state index is 0.317. The lowest BCUT2D eigenvalue weighted by molar-refractivity contribution is 0.174. The zero-order chi connectivity index (χ0) is 8.27. The van der Waals surface area contributed by atoms with Gasteiger partial charge in [0.05, 0.1) is 18.8 Å². The second-order valence-corrected chi connectivity index (χ2v) is 2.50. The summed E-state index contributed by atoms with van der Waals surface area (Å²) in [4.78, 5) is 1.47. The first-order chi connectivity index (χ1) is 5.18. The minimum atomic E-state index is -0.317. The molecule has 0 aliphatic rings. The van der Waals surface area contributed by atoms with Crippen LogP contribution in [0.2, 0.25) is 0 Å². The Kier molecular flexibility index (Phi) is 2.43. The first-order valence-electron chi connectivity index (χ1n) is 3.52. The number of hydrogen-bond acceptors (Lipinski definition) is 4. The van der Waals surface area contributed by atoms with Gasteiger partial charge in [-0.2, -0.15) is 9.90 Å². The normalized spacial score (nSPS) is 13.3. The highest BCUT2D eigenvalue weighted by atomic mass is 16.3. The molecule has 0 aliphatic heterocycles. The van der Waals surface area contributed by atoms with Gasteiger partial charge < -0.3 is 10.8 Å². The van der Waals surface area contributed by atoms with Crippen LogP contribution in [0.4, 0.5) is 5.82 Å². The van der Waals surface area contributed by atoms with E-state index in [1.807, 2.05) is 0 Å². The Balaban J connectivity index is 2.39. The van der Waals surface area contributed by atoms with Crippen LogP contribution in [0, 0.1) is 0 Å². The van der Waals surface area contributed by atoms with Crippen LogP contribution in [-0.4, -0.2) is 26.2 Å². The molecule has 1 aromatic heterocycles. The Bertz CT molecular complexity index is 220. The first-order valence-corrected chi connectivity index (χ1v) is 3.52. The average molecular weight is 156 g/mol. The van der Waals surface area contributed by atoms with Gasteiger partial charge in [-0.1, -0.05) is 0 Å². The van der Waals surface area contributed by atoms with Gasteiger partial charge in [-0.15, -0.1) is 5.10 Å². The fourth-order valence-corrected chi connectivity index (χ4v) is 0.721. The van der Waals surface area contributed by atoms with Crippen molar-refractivity contribution in [3.8, 4) is 0 Å². The van der Waals surface area contributed by atoms with E-state index in [2.05, 4.69) is 10.2 Å². The third kappa shape index (κ3) is 2.55. The van der Waals surface area contributed by atoms with E-state index in [0.717, 1.165) is 0 Å². The maximum atomic E-state index is 8.92. The molecule has 1 unspecified atom stereocenters. The Morgan fingerprint density at radius 1 is 1.82 bits per heavy atom. The van der Waals surface area contributed by atoms with Gasteiger partial charge in [-0.05, 0) is 13.3 Å². The molecule has 0 saturated carbocycles. The largest absolute Gasteiger partial charge is 0.393 e. The number of aromatic nitrogens is 3. The van der Waals surface area contributed by atoms with E-state index in [9.17, 15) is 0 Å². The summed E-state index contributed by atoms with van der Waals surface area (Å²) in [5.41, 5.74) is 5.33. The molecular weight excluding hydrogens is 144 g/mol. The van der Waals surface area contributed by atoms with Crippen LogP contribution in [0.15, 0.2) is 6.20 Å². The second kappa shape index (κ2) is 3.34. The van der Waals surface area contributed by atoms with Crippen molar-refractivity contribution in [2.24, 2.45) is 0 Å². The summed E-state index contributed by atoms with van der Waals surface area (Å²) >= 11 is 0. The molecule has 5 nitrogen and oxygen atoms in total. The van der Waals surface area contributed by atoms with Crippen molar-refractivity contribution in [2.75, 3.05) is 5.73 Å². The zero-order valence-corrected chi connectivity index (χ0v) is 6.44. The van der Waals surface area contributed by atoms with Crippen LogP contribution < -0.4 is 5.73 Å². The van der Waals surface area contributed by atoms with E-state index in [0.29, 0.717) is 18.8 Å². The summed E-state index contributed by atoms with van der Waals surface area (Å²) < 4.78 is 0. The maximum Gasteiger partial charge on any atom is 0.165 e. The van der Waals surface area contributed by atoms with Crippen molar-refractivity contribution in [3.05, 3.63) is 6.20 Å². The van der Waals surface area contributed by atoms with Crippen LogP contribution in [0.5, 0.6) is 0 Å². The Morgan fingerprint density at radius 3 is 3.00 bits per heavy atom. The summed E-state index contributed by atoms with van der Waals surface area (Å²) in [7, 11) is 0. The van der Waals surface area contributed by atoms with Crippen molar-refractivity contribution in [2.45, 2.75) is 26.0 Å². The van der Waals surface area contributed by atoms with Crippen molar-refractivity contribution < 1.29 is 5.11 Å². The van der Waals surface area contributed by atoms with Gasteiger partial charge in [0.25, 0.3) is 0 Å². The molecule has 0 bridgehead atoms. The Hall–Kier alpha value is -1.10. The summed E-state index contributed by atoms with van der Waals surface area (Å²) in [6.45, 7) is 2.34. The molecule has 0 saturated heterocycles. The van der Waals surface area contributed by atoms with Gasteiger partial charge >= 0.3 is 0 Å². The van der Waals surface area contributed by atoms with Gasteiger partial charge in [0, 0.05) is 0 Å². The molecule has 1 heterocycles. The summed E-state index contributed by atoms with van der Waals surface area (Å²) in [6, 6.07) is 0. The molecule has 0 aromatic carbocycles. The zero-order valence-electron chi connectivity index (χ0n) is 6.44. The molecule has 0 radical (unpaired) electrons. The summed E-state index contributed by atoms with van der Waals surface area (Å²) in [5.74, 6) is 0.413. The van der Waals surface area contributed by atoms with Gasteiger partial charge in [-0.25, -0.2) is 0 Å². The average Bonchev–Trinajstić information content (AvgIpc) is 2.31. The SMILES string of the molecule is CC(O)CCn1ncc(N)n1. The van der Waals surface area contributed by atoms with Gasteiger partial charge in [0.15, 0.2) is 5.82 Å². The topological polar surface area (TPSA) is 77.0 Å². The molecular formula is C6H12N4O. The molecule has 0 spiro atoms. The number of rotatable bonds is 3. The van der Waals surface area contributed by atoms with Crippen LogP contribution >= 0.6 is 0 Å². The van der Waals surface area contributed by atoms with E-state index in [4.69, 9.17) is 10.8 Å². The molecule has 11 heavy (non-hydrogen) atoms. The number of aliphatic hydroxyl groups is 1. The molecule has 0 aliphatic carbocycles. The molecule has 0 fully saturated rings. The van der Waals surface area contributed by atoms with Crippen LogP contribution in [0.25, 0.3) is 0 Å². The molecule has 5 heteroatoms. The third-order valence-electron chi connectivity index (χ3n) is 1.30. The fourth-order valence-electron chi connectivity index (χ4n) is 0.721. The Labute approximate surface area is 64.8 Å². The number of aryl methyl sites for hydroxylation is 1. The van der Waals surface area contributed by atoms with E-state index >= 15 is 0 Å². The van der Waals surface area contributed by atoms with E-state index in [-0.39, 0.29) is 6.10 Å². The van der Waals surface area contributed by atoms with Gasteiger partial charge in [-0.3, -0.25) is 0 Å². The predicted molar refractivity (Wildman–Crippen MR) is 40.7 cm³/mol. The molecule has 1 aromatic rings.